The molecule has 0 aromatic carbocycles. The molecular weight excluding hydrogens is 318 g/mol. The van der Waals surface area contributed by atoms with Crippen LogP contribution in [0, 0.1) is 5.92 Å². The van der Waals surface area contributed by atoms with E-state index in [1.807, 2.05) is 6.07 Å². The molecule has 2 aromatic heterocycles. The van der Waals surface area contributed by atoms with E-state index in [9.17, 15) is 9.90 Å². The van der Waals surface area contributed by atoms with Gasteiger partial charge in [0.1, 0.15) is 0 Å². The number of anilines is 2. The van der Waals surface area contributed by atoms with E-state index in [1.54, 1.807) is 12.1 Å². The van der Waals surface area contributed by atoms with Crippen molar-refractivity contribution in [3.8, 4) is 5.75 Å². The maximum Gasteiger partial charge on any atom is 0.228 e. The van der Waals surface area contributed by atoms with Gasteiger partial charge in [0.05, 0.1) is 0 Å². The molecule has 3 rings (SSSR count). The van der Waals surface area contributed by atoms with E-state index in [4.69, 9.17) is 11.6 Å². The second kappa shape index (κ2) is 6.78. The fourth-order valence-electron chi connectivity index (χ4n) is 2.56. The predicted octanol–water partition coefficient (Wildman–Crippen LogP) is 2.09. The zero-order chi connectivity index (χ0) is 16.2. The Labute approximate surface area is 138 Å². The molecule has 120 valence electrons. The van der Waals surface area contributed by atoms with Gasteiger partial charge in [-0.2, -0.15) is 0 Å². The van der Waals surface area contributed by atoms with Crippen molar-refractivity contribution >= 4 is 29.1 Å². The molecule has 0 bridgehead atoms. The molecule has 1 saturated heterocycles. The number of rotatable bonds is 3. The quantitative estimate of drug-likeness (QED) is 0.893. The Kier molecular flexibility index (Phi) is 4.57. The summed E-state index contributed by atoms with van der Waals surface area (Å²) in [4.78, 5) is 18.3. The molecule has 1 aliphatic heterocycles. The summed E-state index contributed by atoms with van der Waals surface area (Å²) in [6.07, 6.45) is 2.92. The number of aromatic hydroxyl groups is 1. The highest BCUT2D eigenvalue weighted by Gasteiger charge is 2.26. The maximum absolute atomic E-state index is 12.3. The zero-order valence-electron chi connectivity index (χ0n) is 12.3. The highest BCUT2D eigenvalue weighted by molar-refractivity contribution is 6.29. The van der Waals surface area contributed by atoms with Crippen molar-refractivity contribution in [2.24, 2.45) is 5.92 Å². The zero-order valence-corrected chi connectivity index (χ0v) is 13.1. The fourth-order valence-corrected chi connectivity index (χ4v) is 2.66. The number of nitrogens with zero attached hydrogens (tertiary/aromatic N) is 4. The molecule has 1 fully saturated rings. The Bertz CT molecular complexity index is 687. The van der Waals surface area contributed by atoms with Crippen LogP contribution in [0.15, 0.2) is 30.5 Å². The van der Waals surface area contributed by atoms with Crippen LogP contribution in [0.4, 0.5) is 11.6 Å². The van der Waals surface area contributed by atoms with E-state index in [0.29, 0.717) is 31.1 Å². The first kappa shape index (κ1) is 15.5. The van der Waals surface area contributed by atoms with E-state index in [2.05, 4.69) is 25.4 Å². The average Bonchev–Trinajstić information content (AvgIpc) is 2.58. The molecule has 7 nitrogen and oxygen atoms in total. The lowest BCUT2D eigenvalue weighted by Crippen LogP contribution is -2.38. The van der Waals surface area contributed by atoms with Crippen LogP contribution in [0.3, 0.4) is 0 Å². The second-order valence-electron chi connectivity index (χ2n) is 5.34. The lowest BCUT2D eigenvalue weighted by Gasteiger charge is -2.31. The third kappa shape index (κ3) is 3.68. The SMILES string of the molecule is O=C(Nc1ncccc1O)C1CCN(c2ccc(Cl)nn2)CC1. The minimum Gasteiger partial charge on any atom is -0.504 e. The number of pyridine rings is 1. The molecule has 0 saturated carbocycles. The van der Waals surface area contributed by atoms with Crippen LogP contribution in [-0.4, -0.2) is 39.3 Å². The number of amides is 1. The van der Waals surface area contributed by atoms with Gasteiger partial charge in [0, 0.05) is 25.2 Å². The Hall–Kier alpha value is -2.41. The molecule has 3 heterocycles. The van der Waals surface area contributed by atoms with E-state index >= 15 is 0 Å². The standard InChI is InChI=1S/C15H16ClN5O2/c16-12-3-4-13(20-19-12)21-8-5-10(6-9-21)15(23)18-14-11(22)2-1-7-17-14/h1-4,7,10,22H,5-6,8-9H2,(H,17,18,23). The number of aromatic nitrogens is 3. The number of nitrogens with one attached hydrogen (secondary N) is 1. The Morgan fingerprint density at radius 1 is 1.26 bits per heavy atom. The average molecular weight is 334 g/mol. The van der Waals surface area contributed by atoms with Crippen LogP contribution in [0.1, 0.15) is 12.8 Å². The van der Waals surface area contributed by atoms with Crippen molar-refractivity contribution in [3.63, 3.8) is 0 Å². The van der Waals surface area contributed by atoms with Crippen molar-refractivity contribution in [1.29, 1.82) is 0 Å². The van der Waals surface area contributed by atoms with Crippen LogP contribution in [0.25, 0.3) is 0 Å². The van der Waals surface area contributed by atoms with Crippen LogP contribution in [-0.2, 0) is 4.79 Å². The lowest BCUT2D eigenvalue weighted by atomic mass is 9.96. The number of carbonyl (C=O) groups excluding carboxylic acids is 1. The predicted molar refractivity (Wildman–Crippen MR) is 86.5 cm³/mol. The Balaban J connectivity index is 1.57. The van der Waals surface area contributed by atoms with Gasteiger partial charge in [-0.05, 0) is 37.1 Å². The molecule has 0 radical (unpaired) electrons. The van der Waals surface area contributed by atoms with Crippen molar-refractivity contribution in [1.82, 2.24) is 15.2 Å². The first-order valence-electron chi connectivity index (χ1n) is 7.32. The third-order valence-electron chi connectivity index (χ3n) is 3.84. The molecule has 1 amide bonds. The molecule has 0 atom stereocenters. The van der Waals surface area contributed by atoms with Crippen LogP contribution in [0.2, 0.25) is 5.15 Å². The maximum atomic E-state index is 12.3. The summed E-state index contributed by atoms with van der Waals surface area (Å²) in [5.41, 5.74) is 0. The first-order valence-corrected chi connectivity index (χ1v) is 7.70. The summed E-state index contributed by atoms with van der Waals surface area (Å²) in [7, 11) is 0. The second-order valence-corrected chi connectivity index (χ2v) is 5.72. The highest BCUT2D eigenvalue weighted by Crippen LogP contribution is 2.25. The van der Waals surface area contributed by atoms with Gasteiger partial charge in [-0.1, -0.05) is 11.6 Å². The highest BCUT2D eigenvalue weighted by atomic mass is 35.5. The number of piperidine rings is 1. The van der Waals surface area contributed by atoms with E-state index in [1.165, 1.54) is 12.3 Å². The van der Waals surface area contributed by atoms with Crippen molar-refractivity contribution in [3.05, 3.63) is 35.6 Å². The van der Waals surface area contributed by atoms with E-state index in [-0.39, 0.29) is 23.4 Å². The lowest BCUT2D eigenvalue weighted by molar-refractivity contribution is -0.120. The molecule has 0 aliphatic carbocycles. The topological polar surface area (TPSA) is 91.2 Å². The molecule has 1 aliphatic rings. The van der Waals surface area contributed by atoms with Gasteiger partial charge >= 0.3 is 0 Å². The van der Waals surface area contributed by atoms with Gasteiger partial charge in [0.2, 0.25) is 5.91 Å². The molecular formula is C15H16ClN5O2. The molecule has 2 N–H and O–H groups in total. The molecule has 0 unspecified atom stereocenters. The van der Waals surface area contributed by atoms with Crippen molar-refractivity contribution < 1.29 is 9.90 Å². The summed E-state index contributed by atoms with van der Waals surface area (Å²) >= 11 is 5.73. The Morgan fingerprint density at radius 3 is 2.70 bits per heavy atom. The molecule has 23 heavy (non-hydrogen) atoms. The van der Waals surface area contributed by atoms with Crippen LogP contribution >= 0.6 is 11.6 Å². The number of hydrogen-bond donors (Lipinski definition) is 2. The van der Waals surface area contributed by atoms with Gasteiger partial charge in [-0.15, -0.1) is 10.2 Å². The minimum absolute atomic E-state index is 0.0327. The first-order chi connectivity index (χ1) is 11.1. The van der Waals surface area contributed by atoms with Crippen LogP contribution in [0.5, 0.6) is 5.75 Å². The number of carbonyl (C=O) groups is 1. The largest absolute Gasteiger partial charge is 0.504 e. The molecule has 0 spiro atoms. The van der Waals surface area contributed by atoms with Gasteiger partial charge in [0.25, 0.3) is 0 Å². The fraction of sp³-hybridized carbons (Fsp3) is 0.333. The van der Waals surface area contributed by atoms with E-state index in [0.717, 1.165) is 5.82 Å². The molecule has 2 aromatic rings. The third-order valence-corrected chi connectivity index (χ3v) is 4.04. The normalized spacial score (nSPS) is 15.4. The monoisotopic (exact) mass is 333 g/mol. The van der Waals surface area contributed by atoms with Crippen molar-refractivity contribution in [2.75, 3.05) is 23.3 Å². The summed E-state index contributed by atoms with van der Waals surface area (Å²) < 4.78 is 0. The van der Waals surface area contributed by atoms with Crippen molar-refractivity contribution in [2.45, 2.75) is 12.8 Å². The summed E-state index contributed by atoms with van der Waals surface area (Å²) in [6, 6.07) is 6.62. The smallest absolute Gasteiger partial charge is 0.228 e. The van der Waals surface area contributed by atoms with Gasteiger partial charge in [-0.3, -0.25) is 4.79 Å². The minimum atomic E-state index is -0.124. The number of halogens is 1. The molecule has 8 heteroatoms. The Morgan fingerprint density at radius 2 is 2.04 bits per heavy atom. The summed E-state index contributed by atoms with van der Waals surface area (Å²) in [5.74, 6) is 0.683. The van der Waals surface area contributed by atoms with Gasteiger partial charge in [0.15, 0.2) is 22.5 Å². The van der Waals surface area contributed by atoms with Crippen LogP contribution < -0.4 is 10.2 Å². The number of hydrogen-bond acceptors (Lipinski definition) is 6. The van der Waals surface area contributed by atoms with E-state index < -0.39 is 0 Å². The van der Waals surface area contributed by atoms with Gasteiger partial charge in [-0.25, -0.2) is 4.98 Å². The summed E-state index contributed by atoms with van der Waals surface area (Å²) in [6.45, 7) is 1.42. The van der Waals surface area contributed by atoms with Gasteiger partial charge < -0.3 is 15.3 Å². The summed E-state index contributed by atoms with van der Waals surface area (Å²) in [5, 5.41) is 20.6.